The second-order valence-corrected chi connectivity index (χ2v) is 6.59. The molecule has 1 atom stereocenters. The summed E-state index contributed by atoms with van der Waals surface area (Å²) in [5, 5.41) is 51.0. The van der Waals surface area contributed by atoms with Crippen LogP contribution in [-0.2, 0) is 17.8 Å². The highest BCUT2D eigenvalue weighted by Crippen LogP contribution is 2.24. The van der Waals surface area contributed by atoms with Crippen molar-refractivity contribution in [1.82, 2.24) is 10.6 Å². The Hall–Kier alpha value is -3.45. The normalized spacial score (nSPS) is 11.0. The Bertz CT molecular complexity index is 910. The van der Waals surface area contributed by atoms with Crippen LogP contribution in [0.5, 0.6) is 5.75 Å². The summed E-state index contributed by atoms with van der Waals surface area (Å²) in [6, 6.07) is 10.9. The molecule has 0 saturated carbocycles. The van der Waals surface area contributed by atoms with Gasteiger partial charge in [0.1, 0.15) is 11.3 Å². The molecule has 0 radical (unpaired) electrons. The van der Waals surface area contributed by atoms with Gasteiger partial charge >= 0.3 is 13.1 Å². The van der Waals surface area contributed by atoms with Crippen molar-refractivity contribution in [1.29, 1.82) is 0 Å². The van der Waals surface area contributed by atoms with Gasteiger partial charge < -0.3 is 41.7 Å². The molecule has 0 spiro atoms. The van der Waals surface area contributed by atoms with Crippen LogP contribution in [0.1, 0.15) is 31.8 Å². The second-order valence-electron chi connectivity index (χ2n) is 6.59. The smallest absolute Gasteiger partial charge is 0.475 e. The van der Waals surface area contributed by atoms with Crippen LogP contribution in [-0.4, -0.2) is 69.9 Å². The fourth-order valence-electron chi connectivity index (χ4n) is 2.81. The summed E-state index contributed by atoms with van der Waals surface area (Å²) in [6.07, 6.45) is -0.173. The van der Waals surface area contributed by atoms with Crippen molar-refractivity contribution in [2.75, 3.05) is 13.1 Å². The maximum atomic E-state index is 12.6. The number of nitrogens with one attached hydrogen (secondary N) is 2. The van der Waals surface area contributed by atoms with Crippen LogP contribution in [0.25, 0.3) is 0 Å². The van der Waals surface area contributed by atoms with Gasteiger partial charge in [-0.05, 0) is 35.7 Å². The van der Waals surface area contributed by atoms with E-state index in [9.17, 15) is 24.7 Å². The number of aromatic hydroxyl groups is 1. The largest absolute Gasteiger partial charge is 0.507 e. The van der Waals surface area contributed by atoms with Gasteiger partial charge in [0.15, 0.2) is 0 Å². The van der Waals surface area contributed by atoms with Crippen LogP contribution in [0.2, 0.25) is 0 Å². The van der Waals surface area contributed by atoms with Crippen LogP contribution < -0.4 is 16.4 Å². The SMILES string of the molecule is NCCNCc1cccc(C(=O)N[C@@H](Cc2cccc(C(=O)O)c2O)B(O)O)c1.O=CO. The number of carbonyl (C=O) groups is 3. The third kappa shape index (κ3) is 8.36. The van der Waals surface area contributed by atoms with E-state index >= 15 is 0 Å². The molecule has 0 aromatic heterocycles. The Morgan fingerprint density at radius 3 is 2.41 bits per heavy atom. The Labute approximate surface area is 184 Å². The molecule has 0 fully saturated rings. The van der Waals surface area contributed by atoms with Crippen molar-refractivity contribution >= 4 is 25.5 Å². The monoisotopic (exact) mass is 447 g/mol. The number of rotatable bonds is 10. The quantitative estimate of drug-likeness (QED) is 0.129. The zero-order valence-corrected chi connectivity index (χ0v) is 17.1. The van der Waals surface area contributed by atoms with Crippen LogP contribution in [0.3, 0.4) is 0 Å². The molecule has 9 N–H and O–H groups in total. The number of carboxylic acid groups (broad SMARTS) is 2. The van der Waals surface area contributed by atoms with E-state index in [0.29, 0.717) is 25.2 Å². The van der Waals surface area contributed by atoms with Crippen molar-refractivity contribution < 1.29 is 39.8 Å². The zero-order valence-electron chi connectivity index (χ0n) is 17.1. The molecule has 32 heavy (non-hydrogen) atoms. The number of hydrogen-bond acceptors (Lipinski definition) is 8. The van der Waals surface area contributed by atoms with Crippen molar-refractivity contribution in [2.45, 2.75) is 18.9 Å². The molecule has 2 aromatic carbocycles. The van der Waals surface area contributed by atoms with Crippen LogP contribution in [0.4, 0.5) is 0 Å². The van der Waals surface area contributed by atoms with Gasteiger partial charge in [-0.25, -0.2) is 4.79 Å². The lowest BCUT2D eigenvalue weighted by atomic mass is 9.75. The van der Waals surface area contributed by atoms with Gasteiger partial charge in [0.2, 0.25) is 0 Å². The van der Waals surface area contributed by atoms with Crippen LogP contribution >= 0.6 is 0 Å². The van der Waals surface area contributed by atoms with E-state index in [4.69, 9.17) is 20.7 Å². The minimum absolute atomic E-state index is 0.169. The van der Waals surface area contributed by atoms with E-state index in [0.717, 1.165) is 5.56 Å². The summed E-state index contributed by atoms with van der Waals surface area (Å²) in [7, 11) is -1.92. The van der Waals surface area contributed by atoms with Crippen molar-refractivity contribution in [2.24, 2.45) is 5.73 Å². The fourth-order valence-corrected chi connectivity index (χ4v) is 2.81. The van der Waals surface area contributed by atoms with Crippen molar-refractivity contribution in [3.63, 3.8) is 0 Å². The number of carboxylic acids is 1. The number of aromatic carboxylic acids is 1. The summed E-state index contributed by atoms with van der Waals surface area (Å²) in [5.41, 5.74) is 6.48. The molecule has 0 bridgehead atoms. The van der Waals surface area contributed by atoms with Gasteiger partial charge in [0.05, 0.1) is 5.94 Å². The molecule has 0 aliphatic rings. The molecule has 1 amide bonds. The van der Waals surface area contributed by atoms with Gasteiger partial charge in [0, 0.05) is 25.2 Å². The molecule has 0 saturated heterocycles. The number of benzene rings is 2. The van der Waals surface area contributed by atoms with Gasteiger partial charge in [-0.2, -0.15) is 0 Å². The molecule has 0 aliphatic heterocycles. The van der Waals surface area contributed by atoms with E-state index in [1.165, 1.54) is 18.2 Å². The van der Waals surface area contributed by atoms with Gasteiger partial charge in [0.25, 0.3) is 12.4 Å². The van der Waals surface area contributed by atoms with Crippen molar-refractivity contribution in [3.8, 4) is 5.75 Å². The molecule has 11 nitrogen and oxygen atoms in total. The summed E-state index contributed by atoms with van der Waals surface area (Å²) in [4.78, 5) is 32.1. The summed E-state index contributed by atoms with van der Waals surface area (Å²) in [5.74, 6) is -3.48. The highest BCUT2D eigenvalue weighted by atomic mass is 16.4. The zero-order chi connectivity index (χ0) is 24.1. The first-order valence-corrected chi connectivity index (χ1v) is 9.53. The lowest BCUT2D eigenvalue weighted by Gasteiger charge is -2.19. The van der Waals surface area contributed by atoms with E-state index < -0.39 is 30.7 Å². The number of hydrogen-bond donors (Lipinski definition) is 8. The van der Waals surface area contributed by atoms with Gasteiger partial charge in [-0.1, -0.05) is 24.3 Å². The number of carbonyl (C=O) groups excluding carboxylic acids is 1. The highest BCUT2D eigenvalue weighted by molar-refractivity contribution is 6.43. The first kappa shape index (κ1) is 26.6. The maximum Gasteiger partial charge on any atom is 0.475 e. The lowest BCUT2D eigenvalue weighted by Crippen LogP contribution is -2.48. The van der Waals surface area contributed by atoms with E-state index in [-0.39, 0.29) is 24.0 Å². The third-order valence-electron chi connectivity index (χ3n) is 4.31. The Morgan fingerprint density at radius 1 is 1.16 bits per heavy atom. The highest BCUT2D eigenvalue weighted by Gasteiger charge is 2.28. The summed E-state index contributed by atoms with van der Waals surface area (Å²) in [6.45, 7) is 1.40. The predicted molar refractivity (Wildman–Crippen MR) is 116 cm³/mol. The molecule has 0 unspecified atom stereocenters. The lowest BCUT2D eigenvalue weighted by molar-refractivity contribution is -0.122. The third-order valence-corrected chi connectivity index (χ3v) is 4.31. The molecular weight excluding hydrogens is 421 g/mol. The van der Waals surface area contributed by atoms with Gasteiger partial charge in [-0.15, -0.1) is 0 Å². The van der Waals surface area contributed by atoms with E-state index in [1.54, 1.807) is 18.2 Å². The number of amides is 1. The number of nitrogens with two attached hydrogens (primary N) is 1. The summed E-state index contributed by atoms with van der Waals surface area (Å²) >= 11 is 0. The molecule has 2 aromatic rings. The van der Waals surface area contributed by atoms with Gasteiger partial charge in [-0.3, -0.25) is 9.59 Å². The summed E-state index contributed by atoms with van der Waals surface area (Å²) < 4.78 is 0. The second kappa shape index (κ2) is 13.8. The Balaban J connectivity index is 0.00000161. The Morgan fingerprint density at radius 2 is 1.81 bits per heavy atom. The first-order valence-electron chi connectivity index (χ1n) is 9.53. The number of para-hydroxylation sites is 1. The standard InChI is InChI=1S/C19H24BN3O6.CH2O2/c21-7-8-22-11-12-3-1-5-14(9-12)18(25)23-16(20(28)29)10-13-4-2-6-15(17(13)24)19(26)27;2-1-3/h1-6,9,16,22,24,28-29H,7-8,10-11,21H2,(H,23,25)(H,26,27);1H,(H,2,3)/t16-;/m0./s1. The molecule has 0 aliphatic carbocycles. The minimum atomic E-state index is -1.92. The van der Waals surface area contributed by atoms with Crippen molar-refractivity contribution in [3.05, 3.63) is 64.7 Å². The Kier molecular flexibility index (Phi) is 11.4. The molecule has 0 heterocycles. The molecule has 2 rings (SSSR count). The molecular formula is C20H26BN3O8. The first-order chi connectivity index (χ1) is 15.2. The molecule has 172 valence electrons. The number of phenols is 1. The minimum Gasteiger partial charge on any atom is -0.507 e. The predicted octanol–water partition coefficient (Wildman–Crippen LogP) is -0.807. The fraction of sp³-hybridized carbons (Fsp3) is 0.250. The maximum absolute atomic E-state index is 12.6. The average molecular weight is 447 g/mol. The van der Waals surface area contributed by atoms with E-state index in [2.05, 4.69) is 10.6 Å². The van der Waals surface area contributed by atoms with Crippen LogP contribution in [0.15, 0.2) is 42.5 Å². The average Bonchev–Trinajstić information content (AvgIpc) is 2.75. The molecule has 12 heteroatoms. The topological polar surface area (TPSA) is 202 Å². The van der Waals surface area contributed by atoms with Crippen LogP contribution in [0, 0.1) is 0 Å². The van der Waals surface area contributed by atoms with E-state index in [1.807, 2.05) is 6.07 Å².